The molecule has 6 heteroatoms. The molecule has 0 atom stereocenters. The third kappa shape index (κ3) is 5.26. The minimum Gasteiger partial charge on any atom is -0.467 e. The van der Waals surface area contributed by atoms with Crippen LogP contribution in [0, 0.1) is 0 Å². The van der Waals surface area contributed by atoms with Crippen LogP contribution in [0.2, 0.25) is 5.02 Å². The van der Waals surface area contributed by atoms with E-state index in [1.807, 2.05) is 18.2 Å². The van der Waals surface area contributed by atoms with Crippen LogP contribution in [0.3, 0.4) is 0 Å². The molecule has 0 saturated carbocycles. The van der Waals surface area contributed by atoms with E-state index in [1.165, 1.54) is 6.26 Å². The lowest BCUT2D eigenvalue weighted by Crippen LogP contribution is -2.36. The Morgan fingerprint density at radius 1 is 1.05 bits per heavy atom. The van der Waals surface area contributed by atoms with Crippen LogP contribution in [0.5, 0.6) is 0 Å². The molecule has 0 saturated heterocycles. The fraction of sp³-hybridized carbons (Fsp3) is 0.250. The Kier molecular flexibility index (Phi) is 6.03. The maximum atomic E-state index is 11.7. The van der Waals surface area contributed by atoms with Gasteiger partial charge in [-0.05, 0) is 30.2 Å². The van der Waals surface area contributed by atoms with E-state index in [9.17, 15) is 9.59 Å². The fourth-order valence-electron chi connectivity index (χ4n) is 1.88. The third-order valence-electron chi connectivity index (χ3n) is 3.07. The van der Waals surface area contributed by atoms with Gasteiger partial charge in [-0.3, -0.25) is 9.59 Å². The number of hydrogen-bond acceptors (Lipinski definition) is 3. The normalized spacial score (nSPS) is 10.2. The molecule has 0 aliphatic rings. The number of halogens is 1. The second-order valence-electron chi connectivity index (χ2n) is 4.72. The summed E-state index contributed by atoms with van der Waals surface area (Å²) >= 11 is 6.02. The first-order valence-electron chi connectivity index (χ1n) is 6.94. The Balaban J connectivity index is 1.65. The lowest BCUT2D eigenvalue weighted by atomic mass is 10.1. The minimum atomic E-state index is -0.262. The number of rotatable bonds is 7. The molecule has 0 radical (unpaired) electrons. The number of carbonyl (C=O) groups excluding carboxylic acids is 2. The quantitative estimate of drug-likeness (QED) is 0.822. The molecule has 1 aromatic heterocycles. The molecule has 0 aliphatic carbocycles. The fourth-order valence-corrected chi connectivity index (χ4v) is 2.11. The molecule has 5 nitrogen and oxygen atoms in total. The Bertz CT molecular complexity index is 626. The molecule has 2 amide bonds. The highest BCUT2D eigenvalue weighted by atomic mass is 35.5. The van der Waals surface area contributed by atoms with E-state index in [0.717, 1.165) is 5.56 Å². The van der Waals surface area contributed by atoms with Gasteiger partial charge in [-0.15, -0.1) is 0 Å². The van der Waals surface area contributed by atoms with Crippen molar-refractivity contribution in [2.45, 2.75) is 19.4 Å². The first-order chi connectivity index (χ1) is 10.6. The number of nitrogens with one attached hydrogen (secondary N) is 2. The predicted molar refractivity (Wildman–Crippen MR) is 83.3 cm³/mol. The van der Waals surface area contributed by atoms with Crippen molar-refractivity contribution in [1.29, 1.82) is 0 Å². The standard InChI is InChI=1S/C16H17ClN2O3/c17-14-6-2-1-4-12(14)7-8-15(20)19-11-16(21)18-10-13-5-3-9-22-13/h1-6,9H,7-8,10-11H2,(H,18,21)(H,19,20). The number of amides is 2. The number of furan rings is 1. The van der Waals surface area contributed by atoms with Crippen LogP contribution in [0.15, 0.2) is 47.1 Å². The maximum absolute atomic E-state index is 11.7. The summed E-state index contributed by atoms with van der Waals surface area (Å²) in [4.78, 5) is 23.3. The number of hydrogen-bond donors (Lipinski definition) is 2. The summed E-state index contributed by atoms with van der Waals surface area (Å²) in [6.45, 7) is 0.253. The van der Waals surface area contributed by atoms with Crippen molar-refractivity contribution >= 4 is 23.4 Å². The monoisotopic (exact) mass is 320 g/mol. The molecule has 2 aromatic rings. The summed E-state index contributed by atoms with van der Waals surface area (Å²) < 4.78 is 5.09. The predicted octanol–water partition coefficient (Wildman–Crippen LogP) is 2.30. The van der Waals surface area contributed by atoms with Crippen molar-refractivity contribution in [3.63, 3.8) is 0 Å². The molecule has 0 spiro atoms. The van der Waals surface area contributed by atoms with Crippen molar-refractivity contribution in [3.8, 4) is 0 Å². The maximum Gasteiger partial charge on any atom is 0.239 e. The van der Waals surface area contributed by atoms with Crippen LogP contribution in [0.1, 0.15) is 17.7 Å². The zero-order valence-electron chi connectivity index (χ0n) is 12.0. The highest BCUT2D eigenvalue weighted by Gasteiger charge is 2.07. The molecule has 0 aliphatic heterocycles. The first-order valence-corrected chi connectivity index (χ1v) is 7.32. The summed E-state index contributed by atoms with van der Waals surface area (Å²) in [6, 6.07) is 10.9. The van der Waals surface area contributed by atoms with Crippen molar-refractivity contribution in [2.75, 3.05) is 6.54 Å². The second-order valence-corrected chi connectivity index (χ2v) is 5.13. The lowest BCUT2D eigenvalue weighted by Gasteiger charge is -2.07. The molecule has 116 valence electrons. The van der Waals surface area contributed by atoms with Crippen molar-refractivity contribution in [3.05, 3.63) is 59.0 Å². The van der Waals surface area contributed by atoms with Crippen LogP contribution >= 0.6 is 11.6 Å². The van der Waals surface area contributed by atoms with E-state index in [4.69, 9.17) is 16.0 Å². The highest BCUT2D eigenvalue weighted by Crippen LogP contribution is 2.16. The summed E-state index contributed by atoms with van der Waals surface area (Å²) in [7, 11) is 0. The SMILES string of the molecule is O=C(CCc1ccccc1Cl)NCC(=O)NCc1ccco1. The lowest BCUT2D eigenvalue weighted by molar-refractivity contribution is -0.126. The summed E-state index contributed by atoms with van der Waals surface area (Å²) in [5.74, 6) is 0.217. The van der Waals surface area contributed by atoms with Crippen molar-refractivity contribution in [2.24, 2.45) is 0 Å². The number of benzene rings is 1. The smallest absolute Gasteiger partial charge is 0.239 e. The Morgan fingerprint density at radius 2 is 1.86 bits per heavy atom. The first kappa shape index (κ1) is 16.1. The molecular weight excluding hydrogens is 304 g/mol. The van der Waals surface area contributed by atoms with Crippen LogP contribution in [-0.2, 0) is 22.6 Å². The average Bonchev–Trinajstić information content (AvgIpc) is 3.03. The van der Waals surface area contributed by atoms with Gasteiger partial charge in [-0.2, -0.15) is 0 Å². The van der Waals surface area contributed by atoms with E-state index in [-0.39, 0.29) is 24.8 Å². The van der Waals surface area contributed by atoms with Gasteiger partial charge in [0.25, 0.3) is 0 Å². The van der Waals surface area contributed by atoms with Gasteiger partial charge >= 0.3 is 0 Å². The number of carbonyl (C=O) groups is 2. The van der Waals surface area contributed by atoms with E-state index < -0.39 is 0 Å². The van der Waals surface area contributed by atoms with Gasteiger partial charge in [0.15, 0.2) is 0 Å². The van der Waals surface area contributed by atoms with Gasteiger partial charge in [-0.1, -0.05) is 29.8 Å². The van der Waals surface area contributed by atoms with Crippen molar-refractivity contribution in [1.82, 2.24) is 10.6 Å². The van der Waals surface area contributed by atoms with E-state index in [1.54, 1.807) is 18.2 Å². The van der Waals surface area contributed by atoms with Crippen LogP contribution in [0.25, 0.3) is 0 Å². The van der Waals surface area contributed by atoms with Gasteiger partial charge < -0.3 is 15.1 Å². The molecule has 2 N–H and O–H groups in total. The molecule has 0 fully saturated rings. The van der Waals surface area contributed by atoms with Crippen LogP contribution < -0.4 is 10.6 Å². The Morgan fingerprint density at radius 3 is 2.59 bits per heavy atom. The highest BCUT2D eigenvalue weighted by molar-refractivity contribution is 6.31. The van der Waals surface area contributed by atoms with Gasteiger partial charge in [0.2, 0.25) is 11.8 Å². The zero-order valence-corrected chi connectivity index (χ0v) is 12.7. The van der Waals surface area contributed by atoms with Gasteiger partial charge in [0.1, 0.15) is 5.76 Å². The average molecular weight is 321 g/mol. The van der Waals surface area contributed by atoms with Gasteiger partial charge in [0, 0.05) is 11.4 Å². The largest absolute Gasteiger partial charge is 0.467 e. The third-order valence-corrected chi connectivity index (χ3v) is 3.43. The molecule has 2 rings (SSSR count). The van der Waals surface area contributed by atoms with E-state index in [2.05, 4.69) is 10.6 Å². The summed E-state index contributed by atoms with van der Waals surface area (Å²) in [5.41, 5.74) is 0.918. The molecule has 0 unspecified atom stereocenters. The van der Waals surface area contributed by atoms with Crippen molar-refractivity contribution < 1.29 is 14.0 Å². The molecular formula is C16H17ClN2O3. The van der Waals surface area contributed by atoms with Crippen LogP contribution in [0.4, 0.5) is 0 Å². The zero-order chi connectivity index (χ0) is 15.8. The van der Waals surface area contributed by atoms with Gasteiger partial charge in [-0.25, -0.2) is 0 Å². The molecule has 1 heterocycles. The summed E-state index contributed by atoms with van der Waals surface area (Å²) in [6.07, 6.45) is 2.37. The Labute approximate surface area is 133 Å². The van der Waals surface area contributed by atoms with Crippen LogP contribution in [-0.4, -0.2) is 18.4 Å². The molecule has 22 heavy (non-hydrogen) atoms. The van der Waals surface area contributed by atoms with E-state index >= 15 is 0 Å². The molecule has 0 bridgehead atoms. The second kappa shape index (κ2) is 8.24. The van der Waals surface area contributed by atoms with Gasteiger partial charge in [0.05, 0.1) is 19.4 Å². The topological polar surface area (TPSA) is 71.3 Å². The number of aryl methyl sites for hydroxylation is 1. The summed E-state index contributed by atoms with van der Waals surface area (Å²) in [5, 5.41) is 5.88. The molecule has 1 aromatic carbocycles. The Hall–Kier alpha value is -2.27. The minimum absolute atomic E-state index is 0.0535. The van der Waals surface area contributed by atoms with E-state index in [0.29, 0.717) is 23.7 Å².